The van der Waals surface area contributed by atoms with Crippen LogP contribution in [0.1, 0.15) is 35.8 Å². The first kappa shape index (κ1) is 23.2. The van der Waals surface area contributed by atoms with E-state index in [2.05, 4.69) is 15.0 Å². The van der Waals surface area contributed by atoms with Gasteiger partial charge in [0.25, 0.3) is 0 Å². The van der Waals surface area contributed by atoms with Crippen LogP contribution >= 0.6 is 0 Å². The molecule has 1 atom stereocenters. The zero-order chi connectivity index (χ0) is 23.6. The molecule has 0 aliphatic heterocycles. The fourth-order valence-corrected chi connectivity index (χ4v) is 4.74. The van der Waals surface area contributed by atoms with E-state index in [1.165, 1.54) is 35.9 Å². The zero-order valence-corrected chi connectivity index (χ0v) is 19.2. The van der Waals surface area contributed by atoms with Gasteiger partial charge in [-0.05, 0) is 55.0 Å². The largest absolute Gasteiger partial charge is 0.506 e. The van der Waals surface area contributed by atoms with E-state index < -0.39 is 16.1 Å². The SMILES string of the molecule is CS(=O)(=O)Nc1cc(C(O)CNCCOc2cc3[nH]c4c(c3cc2O)CCCC4)ccc1O. The maximum absolute atomic E-state index is 11.4. The number of hydrogen-bond donors (Lipinski definition) is 6. The molecule has 0 amide bonds. The number of sulfonamides is 1. The Morgan fingerprint density at radius 2 is 1.91 bits per heavy atom. The third-order valence-corrected chi connectivity index (χ3v) is 6.34. The number of hydrogen-bond acceptors (Lipinski definition) is 7. The van der Waals surface area contributed by atoms with Gasteiger partial charge >= 0.3 is 0 Å². The van der Waals surface area contributed by atoms with Crippen LogP contribution in [-0.2, 0) is 22.9 Å². The van der Waals surface area contributed by atoms with E-state index >= 15 is 0 Å². The molecule has 1 aliphatic rings. The number of aromatic amines is 1. The molecule has 3 aromatic rings. The highest BCUT2D eigenvalue weighted by atomic mass is 32.2. The van der Waals surface area contributed by atoms with Gasteiger partial charge < -0.3 is 30.4 Å². The van der Waals surface area contributed by atoms with Crippen LogP contribution in [0.2, 0.25) is 0 Å². The number of phenolic OH excluding ortho intramolecular Hbond substituents is 2. The van der Waals surface area contributed by atoms with Crippen LogP contribution in [-0.4, -0.2) is 54.7 Å². The minimum atomic E-state index is -3.56. The van der Waals surface area contributed by atoms with Crippen molar-refractivity contribution in [3.05, 3.63) is 47.2 Å². The molecule has 1 aliphatic carbocycles. The molecule has 2 aromatic carbocycles. The highest BCUT2D eigenvalue weighted by Gasteiger charge is 2.18. The van der Waals surface area contributed by atoms with Crippen molar-refractivity contribution in [3.8, 4) is 17.2 Å². The molecular weight excluding hydrogens is 446 g/mol. The van der Waals surface area contributed by atoms with Gasteiger partial charge in [0.15, 0.2) is 11.5 Å². The van der Waals surface area contributed by atoms with Crippen molar-refractivity contribution in [1.29, 1.82) is 0 Å². The molecule has 4 rings (SSSR count). The molecule has 1 heterocycles. The van der Waals surface area contributed by atoms with E-state index in [-0.39, 0.29) is 30.3 Å². The lowest BCUT2D eigenvalue weighted by molar-refractivity contribution is 0.171. The maximum atomic E-state index is 11.4. The van der Waals surface area contributed by atoms with Crippen molar-refractivity contribution in [2.24, 2.45) is 0 Å². The highest BCUT2D eigenvalue weighted by Crippen LogP contribution is 2.36. The standard InChI is InChI=1S/C23H29N3O6S/c1-33(30,31)26-19-10-14(6-7-20(19)27)22(29)13-24-8-9-32-23-12-18-16(11-21(23)28)15-4-2-3-5-17(15)25-18/h6-7,10-12,22,24-29H,2-5,8-9,13H2,1H3. The first-order chi connectivity index (χ1) is 15.7. The van der Waals surface area contributed by atoms with Gasteiger partial charge in [0, 0.05) is 35.8 Å². The molecule has 0 fully saturated rings. The minimum Gasteiger partial charge on any atom is -0.506 e. The van der Waals surface area contributed by atoms with Gasteiger partial charge in [-0.1, -0.05) is 6.07 Å². The topological polar surface area (TPSA) is 144 Å². The van der Waals surface area contributed by atoms with Crippen molar-refractivity contribution in [2.45, 2.75) is 31.8 Å². The normalized spacial score (nSPS) is 14.7. The number of H-pyrrole nitrogens is 1. The summed E-state index contributed by atoms with van der Waals surface area (Å²) in [6.45, 7) is 0.895. The number of benzene rings is 2. The summed E-state index contributed by atoms with van der Waals surface area (Å²) < 4.78 is 30.8. The number of nitrogens with one attached hydrogen (secondary N) is 3. The van der Waals surface area contributed by atoms with E-state index in [9.17, 15) is 23.7 Å². The van der Waals surface area contributed by atoms with Crippen LogP contribution in [0.3, 0.4) is 0 Å². The predicted molar refractivity (Wildman–Crippen MR) is 127 cm³/mol. The number of aliphatic hydroxyl groups excluding tert-OH is 1. The maximum Gasteiger partial charge on any atom is 0.229 e. The summed E-state index contributed by atoms with van der Waals surface area (Å²) >= 11 is 0. The van der Waals surface area contributed by atoms with Gasteiger partial charge in [-0.25, -0.2) is 8.42 Å². The van der Waals surface area contributed by atoms with Gasteiger partial charge in [0.1, 0.15) is 12.4 Å². The summed E-state index contributed by atoms with van der Waals surface area (Å²) in [5.41, 5.74) is 3.95. The molecule has 0 saturated heterocycles. The number of aromatic nitrogens is 1. The number of phenols is 2. The van der Waals surface area contributed by atoms with E-state index in [0.29, 0.717) is 17.9 Å². The Hall–Kier alpha value is -2.95. The second-order valence-electron chi connectivity index (χ2n) is 8.37. The van der Waals surface area contributed by atoms with Crippen LogP contribution in [0, 0.1) is 0 Å². The van der Waals surface area contributed by atoms with Crippen LogP contribution in [0.5, 0.6) is 17.2 Å². The third-order valence-electron chi connectivity index (χ3n) is 5.75. The number of aliphatic hydroxyl groups is 1. The number of anilines is 1. The molecule has 178 valence electrons. The molecule has 1 unspecified atom stereocenters. The fraction of sp³-hybridized carbons (Fsp3) is 0.391. The predicted octanol–water partition coefficient (Wildman–Crippen LogP) is 2.53. The molecule has 33 heavy (non-hydrogen) atoms. The third kappa shape index (κ3) is 5.52. The molecule has 9 nitrogen and oxygen atoms in total. The Balaban J connectivity index is 1.30. The highest BCUT2D eigenvalue weighted by molar-refractivity contribution is 7.92. The number of aromatic hydroxyl groups is 2. The Kier molecular flexibility index (Phi) is 6.68. The molecular formula is C23H29N3O6S. The van der Waals surface area contributed by atoms with E-state index in [1.54, 1.807) is 6.07 Å². The van der Waals surface area contributed by atoms with Gasteiger partial charge in [-0.3, -0.25) is 4.72 Å². The summed E-state index contributed by atoms with van der Waals surface area (Å²) in [6.07, 6.45) is 4.45. The van der Waals surface area contributed by atoms with E-state index in [4.69, 9.17) is 4.74 Å². The molecule has 6 N–H and O–H groups in total. The van der Waals surface area contributed by atoms with E-state index in [1.807, 2.05) is 6.07 Å². The van der Waals surface area contributed by atoms with Crippen LogP contribution < -0.4 is 14.8 Å². The molecule has 0 spiro atoms. The molecule has 0 bridgehead atoms. The monoisotopic (exact) mass is 475 g/mol. The second kappa shape index (κ2) is 9.50. The zero-order valence-electron chi connectivity index (χ0n) is 18.4. The van der Waals surface area contributed by atoms with Crippen LogP contribution in [0.4, 0.5) is 5.69 Å². The van der Waals surface area contributed by atoms with Crippen molar-refractivity contribution >= 4 is 26.6 Å². The number of aryl methyl sites for hydroxylation is 2. The summed E-state index contributed by atoms with van der Waals surface area (Å²) in [5, 5.41) is 34.7. The van der Waals surface area contributed by atoms with Gasteiger partial charge in [0.05, 0.1) is 18.0 Å². The van der Waals surface area contributed by atoms with Gasteiger partial charge in [-0.15, -0.1) is 0 Å². The Labute approximate surface area is 192 Å². The number of fused-ring (bicyclic) bond motifs is 3. The lowest BCUT2D eigenvalue weighted by Crippen LogP contribution is -2.26. The molecule has 0 saturated carbocycles. The minimum absolute atomic E-state index is 0.00856. The lowest BCUT2D eigenvalue weighted by Gasteiger charge is -2.15. The summed E-state index contributed by atoms with van der Waals surface area (Å²) in [4.78, 5) is 3.44. The summed E-state index contributed by atoms with van der Waals surface area (Å²) in [5.74, 6) is 0.279. The average Bonchev–Trinajstić information content (AvgIpc) is 3.11. The lowest BCUT2D eigenvalue weighted by atomic mass is 9.95. The first-order valence-corrected chi connectivity index (χ1v) is 12.8. The van der Waals surface area contributed by atoms with Crippen molar-refractivity contribution in [1.82, 2.24) is 10.3 Å². The van der Waals surface area contributed by atoms with Crippen molar-refractivity contribution in [2.75, 3.05) is 30.7 Å². The van der Waals surface area contributed by atoms with Crippen LogP contribution in [0.15, 0.2) is 30.3 Å². The average molecular weight is 476 g/mol. The number of ether oxygens (including phenoxy) is 1. The Morgan fingerprint density at radius 1 is 1.12 bits per heavy atom. The molecule has 0 radical (unpaired) electrons. The van der Waals surface area contributed by atoms with E-state index in [0.717, 1.165) is 36.4 Å². The number of rotatable bonds is 9. The summed E-state index contributed by atoms with van der Waals surface area (Å²) in [6, 6.07) is 7.82. The van der Waals surface area contributed by atoms with Gasteiger partial charge in [-0.2, -0.15) is 0 Å². The Bertz CT molecular complexity index is 1250. The summed E-state index contributed by atoms with van der Waals surface area (Å²) in [7, 11) is -3.56. The van der Waals surface area contributed by atoms with Gasteiger partial charge in [0.2, 0.25) is 10.0 Å². The Morgan fingerprint density at radius 3 is 2.70 bits per heavy atom. The smallest absolute Gasteiger partial charge is 0.229 e. The first-order valence-electron chi connectivity index (χ1n) is 10.9. The van der Waals surface area contributed by atoms with Crippen molar-refractivity contribution in [3.63, 3.8) is 0 Å². The molecule has 10 heteroatoms. The quantitative estimate of drug-likeness (QED) is 0.206. The van der Waals surface area contributed by atoms with Crippen LogP contribution in [0.25, 0.3) is 10.9 Å². The fourth-order valence-electron chi connectivity index (χ4n) is 4.17. The molecule has 1 aromatic heterocycles. The second-order valence-corrected chi connectivity index (χ2v) is 10.1. The van der Waals surface area contributed by atoms with Crippen molar-refractivity contribution < 1.29 is 28.5 Å².